The SMILES string of the molecule is CCCCCCN1C(=O)C(=Cc2cnc(CCCC)n2Cc2ccc(C(=O)OC)cc2)N(Cc2ccccc2)C1=O.Cl. The number of benzene rings is 2. The molecule has 0 N–H and O–H groups in total. The highest BCUT2D eigenvalue weighted by atomic mass is 35.5. The van der Waals surface area contributed by atoms with Crippen molar-refractivity contribution in [2.75, 3.05) is 13.7 Å². The first-order chi connectivity index (χ1) is 20.0. The van der Waals surface area contributed by atoms with Gasteiger partial charge in [0.2, 0.25) is 0 Å². The average molecular weight is 593 g/mol. The van der Waals surface area contributed by atoms with Crippen LogP contribution < -0.4 is 0 Å². The van der Waals surface area contributed by atoms with Crippen molar-refractivity contribution >= 4 is 36.4 Å². The molecule has 1 saturated heterocycles. The molecule has 224 valence electrons. The fourth-order valence-electron chi connectivity index (χ4n) is 4.99. The lowest BCUT2D eigenvalue weighted by atomic mass is 10.1. The number of amides is 3. The number of imide groups is 1. The van der Waals surface area contributed by atoms with Gasteiger partial charge in [-0.3, -0.25) is 14.6 Å². The Morgan fingerprint density at radius 2 is 1.55 bits per heavy atom. The summed E-state index contributed by atoms with van der Waals surface area (Å²) in [5.74, 6) is 0.265. The van der Waals surface area contributed by atoms with E-state index in [9.17, 15) is 14.4 Å². The number of aryl methyl sites for hydroxylation is 1. The van der Waals surface area contributed by atoms with Gasteiger partial charge in [0.25, 0.3) is 5.91 Å². The first-order valence-electron chi connectivity index (χ1n) is 14.6. The van der Waals surface area contributed by atoms with E-state index >= 15 is 0 Å². The second-order valence-electron chi connectivity index (χ2n) is 10.4. The molecule has 0 radical (unpaired) electrons. The molecule has 3 amide bonds. The second kappa shape index (κ2) is 15.9. The molecule has 1 aliphatic rings. The van der Waals surface area contributed by atoms with Crippen molar-refractivity contribution in [2.24, 2.45) is 0 Å². The van der Waals surface area contributed by atoms with Crippen molar-refractivity contribution in [3.05, 3.63) is 94.7 Å². The molecule has 0 aliphatic carbocycles. The first kappa shape index (κ1) is 32.6. The van der Waals surface area contributed by atoms with Crippen LogP contribution in [-0.2, 0) is 29.0 Å². The fraction of sp³-hybridized carbons (Fsp3) is 0.394. The summed E-state index contributed by atoms with van der Waals surface area (Å²) in [5.41, 5.74) is 3.55. The molecule has 42 heavy (non-hydrogen) atoms. The number of ether oxygens (including phenoxy) is 1. The van der Waals surface area contributed by atoms with Gasteiger partial charge in [-0.15, -0.1) is 12.4 Å². The Bertz CT molecular complexity index is 1370. The van der Waals surface area contributed by atoms with E-state index in [1.165, 1.54) is 12.0 Å². The highest BCUT2D eigenvalue weighted by molar-refractivity contribution is 6.13. The van der Waals surface area contributed by atoms with Gasteiger partial charge in [-0.05, 0) is 42.2 Å². The predicted octanol–water partition coefficient (Wildman–Crippen LogP) is 6.87. The third-order valence-corrected chi connectivity index (χ3v) is 7.36. The molecule has 0 spiro atoms. The molecular weight excluding hydrogens is 552 g/mol. The maximum atomic E-state index is 13.7. The zero-order valence-corrected chi connectivity index (χ0v) is 25.6. The average Bonchev–Trinajstić information content (AvgIpc) is 3.47. The number of methoxy groups -OCH3 is 1. The minimum atomic E-state index is -0.379. The number of halogens is 1. The van der Waals surface area contributed by atoms with Gasteiger partial charge >= 0.3 is 12.0 Å². The van der Waals surface area contributed by atoms with Crippen LogP contribution in [-0.4, -0.2) is 50.9 Å². The van der Waals surface area contributed by atoms with E-state index in [4.69, 9.17) is 9.72 Å². The van der Waals surface area contributed by atoms with Crippen LogP contribution in [0.15, 0.2) is 66.5 Å². The number of hydrogen-bond acceptors (Lipinski definition) is 5. The van der Waals surface area contributed by atoms with E-state index in [1.54, 1.807) is 29.3 Å². The van der Waals surface area contributed by atoms with Crippen LogP contribution in [0.2, 0.25) is 0 Å². The van der Waals surface area contributed by atoms with E-state index in [1.807, 2.05) is 42.5 Å². The number of unbranched alkanes of at least 4 members (excludes halogenated alkanes) is 4. The topological polar surface area (TPSA) is 84.7 Å². The van der Waals surface area contributed by atoms with Crippen molar-refractivity contribution in [2.45, 2.75) is 71.9 Å². The van der Waals surface area contributed by atoms with Crippen LogP contribution in [0.5, 0.6) is 0 Å². The molecule has 3 aromatic rings. The Labute approximate surface area is 254 Å². The van der Waals surface area contributed by atoms with Crippen LogP contribution in [0.25, 0.3) is 6.08 Å². The third kappa shape index (κ3) is 7.88. The minimum Gasteiger partial charge on any atom is -0.465 e. The number of nitrogens with zero attached hydrogens (tertiary/aromatic N) is 4. The van der Waals surface area contributed by atoms with Gasteiger partial charge in [0.15, 0.2) is 0 Å². The Hall–Kier alpha value is -3.91. The molecule has 1 aliphatic heterocycles. The third-order valence-electron chi connectivity index (χ3n) is 7.36. The highest BCUT2D eigenvalue weighted by Crippen LogP contribution is 2.27. The summed E-state index contributed by atoms with van der Waals surface area (Å²) in [5, 5.41) is 0. The van der Waals surface area contributed by atoms with Crippen molar-refractivity contribution in [3.63, 3.8) is 0 Å². The Kier molecular flexibility index (Phi) is 12.4. The highest BCUT2D eigenvalue weighted by Gasteiger charge is 2.40. The Morgan fingerprint density at radius 3 is 2.21 bits per heavy atom. The van der Waals surface area contributed by atoms with E-state index in [-0.39, 0.29) is 30.3 Å². The lowest BCUT2D eigenvalue weighted by molar-refractivity contribution is -0.123. The van der Waals surface area contributed by atoms with Gasteiger partial charge in [-0.1, -0.05) is 82.0 Å². The molecule has 0 unspecified atom stereocenters. The second-order valence-corrected chi connectivity index (χ2v) is 10.4. The minimum absolute atomic E-state index is 0. The van der Waals surface area contributed by atoms with Crippen molar-refractivity contribution in [3.8, 4) is 0 Å². The largest absolute Gasteiger partial charge is 0.465 e. The monoisotopic (exact) mass is 592 g/mol. The van der Waals surface area contributed by atoms with Crippen LogP contribution in [0.1, 0.15) is 85.4 Å². The molecule has 4 rings (SSSR count). The Morgan fingerprint density at radius 1 is 0.857 bits per heavy atom. The van der Waals surface area contributed by atoms with Crippen molar-refractivity contribution in [1.29, 1.82) is 0 Å². The predicted molar refractivity (Wildman–Crippen MR) is 166 cm³/mol. The van der Waals surface area contributed by atoms with Gasteiger partial charge in [-0.2, -0.15) is 0 Å². The lowest BCUT2D eigenvalue weighted by Crippen LogP contribution is -2.33. The molecule has 2 aromatic carbocycles. The number of rotatable bonds is 14. The van der Waals surface area contributed by atoms with Crippen molar-refractivity contribution in [1.82, 2.24) is 19.4 Å². The molecule has 0 saturated carbocycles. The summed E-state index contributed by atoms with van der Waals surface area (Å²) >= 11 is 0. The zero-order valence-electron chi connectivity index (χ0n) is 24.8. The van der Waals surface area contributed by atoms with Gasteiger partial charge in [0.1, 0.15) is 11.5 Å². The number of carbonyl (C=O) groups excluding carboxylic acids is 3. The number of hydrogen-bond donors (Lipinski definition) is 0. The summed E-state index contributed by atoms with van der Waals surface area (Å²) < 4.78 is 6.92. The lowest BCUT2D eigenvalue weighted by Gasteiger charge is -2.18. The smallest absolute Gasteiger partial charge is 0.337 e. The van der Waals surface area contributed by atoms with E-state index in [0.29, 0.717) is 30.9 Å². The molecule has 8 nitrogen and oxygen atoms in total. The van der Waals surface area contributed by atoms with Crippen LogP contribution >= 0.6 is 12.4 Å². The van der Waals surface area contributed by atoms with Gasteiger partial charge in [-0.25, -0.2) is 14.6 Å². The maximum absolute atomic E-state index is 13.7. The standard InChI is InChI=1S/C33H40N4O4.ClH/c1-4-6-8-12-20-35-31(38)29(37(33(35)40)24-25-13-10-9-11-14-25)21-28-22-34-30(15-7-5-2)36(28)23-26-16-18-27(19-17-26)32(39)41-3;/h9-11,13-14,16-19,21-22H,4-8,12,15,20,23-24H2,1-3H3;1H. The number of aromatic nitrogens is 2. The summed E-state index contributed by atoms with van der Waals surface area (Å²) in [6.45, 7) is 5.52. The molecule has 9 heteroatoms. The number of urea groups is 1. The molecule has 1 fully saturated rings. The van der Waals surface area contributed by atoms with Gasteiger partial charge < -0.3 is 9.30 Å². The maximum Gasteiger partial charge on any atom is 0.337 e. The van der Waals surface area contributed by atoms with Gasteiger partial charge in [0, 0.05) is 19.5 Å². The molecular formula is C33H41ClN4O4. The van der Waals surface area contributed by atoms with Crippen LogP contribution in [0.3, 0.4) is 0 Å². The fourth-order valence-corrected chi connectivity index (χ4v) is 4.99. The zero-order chi connectivity index (χ0) is 29.2. The van der Waals surface area contributed by atoms with E-state index in [0.717, 1.165) is 67.6 Å². The summed E-state index contributed by atoms with van der Waals surface area (Å²) in [6.07, 6.45) is 10.3. The summed E-state index contributed by atoms with van der Waals surface area (Å²) in [6, 6.07) is 16.7. The number of carbonyl (C=O) groups is 3. The Balaban J connectivity index is 0.00000484. The number of esters is 1. The molecule has 1 aromatic heterocycles. The summed E-state index contributed by atoms with van der Waals surface area (Å²) in [7, 11) is 1.37. The van der Waals surface area contributed by atoms with E-state index in [2.05, 4.69) is 18.4 Å². The number of imidazole rings is 1. The quantitative estimate of drug-likeness (QED) is 0.0883. The summed E-state index contributed by atoms with van der Waals surface area (Å²) in [4.78, 5) is 46.8. The van der Waals surface area contributed by atoms with Crippen LogP contribution in [0, 0.1) is 0 Å². The first-order valence-corrected chi connectivity index (χ1v) is 14.6. The molecule has 0 bridgehead atoms. The van der Waals surface area contributed by atoms with Crippen molar-refractivity contribution < 1.29 is 19.1 Å². The van der Waals surface area contributed by atoms with E-state index < -0.39 is 0 Å². The normalized spacial score (nSPS) is 14.0. The molecule has 2 heterocycles. The van der Waals surface area contributed by atoms with Gasteiger partial charge in [0.05, 0.1) is 31.1 Å². The van der Waals surface area contributed by atoms with Crippen LogP contribution in [0.4, 0.5) is 4.79 Å². The molecule has 0 atom stereocenters.